The zero-order chi connectivity index (χ0) is 23.6. The van der Waals surface area contributed by atoms with Crippen molar-refractivity contribution in [2.75, 3.05) is 20.8 Å². The van der Waals surface area contributed by atoms with Gasteiger partial charge < -0.3 is 19.7 Å². The summed E-state index contributed by atoms with van der Waals surface area (Å²) in [7, 11) is 3.09. The molecule has 0 aliphatic carbocycles. The fourth-order valence-electron chi connectivity index (χ4n) is 3.47. The highest BCUT2D eigenvalue weighted by molar-refractivity contribution is 5.88. The Labute approximate surface area is 192 Å². The van der Waals surface area contributed by atoms with Gasteiger partial charge in [0.1, 0.15) is 11.8 Å². The second-order valence-electron chi connectivity index (χ2n) is 7.41. The first-order valence-corrected chi connectivity index (χ1v) is 10.6. The lowest BCUT2D eigenvalue weighted by Gasteiger charge is -2.31. The lowest BCUT2D eigenvalue weighted by Crippen LogP contribution is -2.51. The van der Waals surface area contributed by atoms with Crippen LogP contribution >= 0.6 is 0 Å². The van der Waals surface area contributed by atoms with Crippen LogP contribution in [0.3, 0.4) is 0 Å². The normalized spacial score (nSPS) is 11.4. The van der Waals surface area contributed by atoms with E-state index in [1.807, 2.05) is 42.5 Å². The molecule has 33 heavy (non-hydrogen) atoms. The molecule has 3 rings (SSSR count). The quantitative estimate of drug-likeness (QED) is 0.513. The molecule has 3 aromatic carbocycles. The van der Waals surface area contributed by atoms with E-state index in [0.29, 0.717) is 12.2 Å². The average molecular weight is 451 g/mol. The maximum Gasteiger partial charge on any atom is 0.261 e. The van der Waals surface area contributed by atoms with Gasteiger partial charge in [-0.25, -0.2) is 4.39 Å². The molecule has 2 amide bonds. The number of likely N-dealkylation sites (N-methyl/N-ethyl adjacent to an activating group) is 1. The molecule has 0 aromatic heterocycles. The number of hydrogen-bond acceptors (Lipinski definition) is 4. The number of rotatable bonds is 10. The number of halogens is 1. The van der Waals surface area contributed by atoms with Crippen molar-refractivity contribution >= 4 is 11.8 Å². The number of carbonyl (C=O) groups excluding carboxylic acids is 2. The Balaban J connectivity index is 1.89. The third-order valence-corrected chi connectivity index (χ3v) is 5.19. The van der Waals surface area contributed by atoms with Crippen LogP contribution in [0.4, 0.5) is 4.39 Å². The molecule has 172 valence electrons. The molecule has 0 aliphatic rings. The van der Waals surface area contributed by atoms with Gasteiger partial charge in [-0.15, -0.1) is 0 Å². The maximum absolute atomic E-state index is 14.0. The Morgan fingerprint density at radius 2 is 1.67 bits per heavy atom. The van der Waals surface area contributed by atoms with Crippen LogP contribution in [0.1, 0.15) is 11.1 Å². The fraction of sp³-hybridized carbons (Fsp3) is 0.231. The van der Waals surface area contributed by atoms with Crippen molar-refractivity contribution in [3.63, 3.8) is 0 Å². The second-order valence-corrected chi connectivity index (χ2v) is 7.41. The van der Waals surface area contributed by atoms with Gasteiger partial charge in [-0.05, 0) is 35.4 Å². The van der Waals surface area contributed by atoms with Crippen LogP contribution in [-0.4, -0.2) is 43.5 Å². The molecular weight excluding hydrogens is 423 g/mol. The van der Waals surface area contributed by atoms with Gasteiger partial charge in [0.05, 0.1) is 7.11 Å². The van der Waals surface area contributed by atoms with Crippen LogP contribution in [0.25, 0.3) is 0 Å². The first kappa shape index (κ1) is 23.8. The molecule has 0 saturated heterocycles. The van der Waals surface area contributed by atoms with Crippen molar-refractivity contribution in [1.29, 1.82) is 0 Å². The van der Waals surface area contributed by atoms with Crippen molar-refractivity contribution in [3.8, 4) is 11.5 Å². The fourth-order valence-corrected chi connectivity index (χ4v) is 3.47. The minimum absolute atomic E-state index is 0.0215. The molecule has 0 fully saturated rings. The zero-order valence-corrected chi connectivity index (χ0v) is 18.7. The van der Waals surface area contributed by atoms with E-state index in [-0.39, 0.29) is 18.2 Å². The van der Waals surface area contributed by atoms with Gasteiger partial charge in [-0.1, -0.05) is 54.6 Å². The third kappa shape index (κ3) is 6.55. The SMILES string of the molecule is CNC(=O)C(Cc1ccccc1)N(Cc1cccc(OC)c1)C(=O)COc1ccccc1F. The molecule has 0 bridgehead atoms. The van der Waals surface area contributed by atoms with E-state index in [0.717, 1.165) is 11.1 Å². The lowest BCUT2D eigenvalue weighted by molar-refractivity contribution is -0.142. The van der Waals surface area contributed by atoms with Crippen molar-refractivity contribution in [3.05, 3.63) is 95.8 Å². The van der Waals surface area contributed by atoms with Crippen LogP contribution < -0.4 is 14.8 Å². The predicted octanol–water partition coefficient (Wildman–Crippen LogP) is 3.60. The Bertz CT molecular complexity index is 1070. The van der Waals surface area contributed by atoms with E-state index >= 15 is 0 Å². The molecule has 0 radical (unpaired) electrons. The molecule has 0 heterocycles. The summed E-state index contributed by atoms with van der Waals surface area (Å²) < 4.78 is 24.7. The highest BCUT2D eigenvalue weighted by Gasteiger charge is 2.30. The van der Waals surface area contributed by atoms with E-state index in [9.17, 15) is 14.0 Å². The van der Waals surface area contributed by atoms with Crippen LogP contribution in [0.5, 0.6) is 11.5 Å². The molecule has 1 atom stereocenters. The number of amides is 2. The number of carbonyl (C=O) groups is 2. The summed E-state index contributed by atoms with van der Waals surface area (Å²) in [5.74, 6) is -0.683. The second kappa shape index (κ2) is 11.7. The molecule has 0 aliphatic heterocycles. The van der Waals surface area contributed by atoms with Crippen LogP contribution in [-0.2, 0) is 22.6 Å². The minimum atomic E-state index is -0.791. The smallest absolute Gasteiger partial charge is 0.261 e. The van der Waals surface area contributed by atoms with Gasteiger partial charge in [-0.3, -0.25) is 9.59 Å². The van der Waals surface area contributed by atoms with Gasteiger partial charge in [0.25, 0.3) is 5.91 Å². The van der Waals surface area contributed by atoms with E-state index in [1.54, 1.807) is 31.4 Å². The van der Waals surface area contributed by atoms with Crippen molar-refractivity contribution in [2.45, 2.75) is 19.0 Å². The Morgan fingerprint density at radius 1 is 0.970 bits per heavy atom. The number of ether oxygens (including phenoxy) is 2. The number of nitrogens with zero attached hydrogens (tertiary/aromatic N) is 1. The zero-order valence-electron chi connectivity index (χ0n) is 18.7. The average Bonchev–Trinajstić information content (AvgIpc) is 2.85. The molecule has 0 saturated carbocycles. The molecule has 6 nitrogen and oxygen atoms in total. The monoisotopic (exact) mass is 450 g/mol. The first-order valence-electron chi connectivity index (χ1n) is 10.6. The summed E-state index contributed by atoms with van der Waals surface area (Å²) in [4.78, 5) is 27.6. The van der Waals surface area contributed by atoms with E-state index in [4.69, 9.17) is 9.47 Å². The summed E-state index contributed by atoms with van der Waals surface area (Å²) in [6.45, 7) is -0.255. The number of methoxy groups -OCH3 is 1. The Morgan fingerprint density at radius 3 is 2.36 bits per heavy atom. The number of benzene rings is 3. The summed E-state index contributed by atoms with van der Waals surface area (Å²) in [6.07, 6.45) is 0.315. The lowest BCUT2D eigenvalue weighted by atomic mass is 10.0. The minimum Gasteiger partial charge on any atom is -0.497 e. The summed E-state index contributed by atoms with van der Waals surface area (Å²) in [6, 6.07) is 21.8. The van der Waals surface area contributed by atoms with Crippen molar-refractivity contribution < 1.29 is 23.5 Å². The standard InChI is InChI=1S/C26H27FN2O4/c1-28-26(31)23(16-19-9-4-3-5-10-19)29(17-20-11-8-12-21(15-20)32-2)25(30)18-33-24-14-7-6-13-22(24)27/h3-15,23H,16-18H2,1-2H3,(H,28,31). The van der Waals surface area contributed by atoms with Crippen LogP contribution in [0.15, 0.2) is 78.9 Å². The molecule has 0 spiro atoms. The number of hydrogen-bond donors (Lipinski definition) is 1. The highest BCUT2D eigenvalue weighted by atomic mass is 19.1. The highest BCUT2D eigenvalue weighted by Crippen LogP contribution is 2.20. The van der Waals surface area contributed by atoms with Gasteiger partial charge in [0.2, 0.25) is 5.91 Å². The third-order valence-electron chi connectivity index (χ3n) is 5.19. The topological polar surface area (TPSA) is 67.9 Å². The summed E-state index contributed by atoms with van der Waals surface area (Å²) in [5.41, 5.74) is 1.69. The first-order chi connectivity index (χ1) is 16.0. The summed E-state index contributed by atoms with van der Waals surface area (Å²) >= 11 is 0. The Kier molecular flexibility index (Phi) is 8.41. The molecular formula is C26H27FN2O4. The van der Waals surface area contributed by atoms with E-state index in [1.165, 1.54) is 24.1 Å². The van der Waals surface area contributed by atoms with E-state index < -0.39 is 24.4 Å². The van der Waals surface area contributed by atoms with Gasteiger partial charge in [-0.2, -0.15) is 0 Å². The molecule has 3 aromatic rings. The van der Waals surface area contributed by atoms with Crippen molar-refractivity contribution in [1.82, 2.24) is 10.2 Å². The molecule has 1 unspecified atom stereocenters. The number of nitrogens with one attached hydrogen (secondary N) is 1. The van der Waals surface area contributed by atoms with E-state index in [2.05, 4.69) is 5.32 Å². The van der Waals surface area contributed by atoms with Gasteiger partial charge >= 0.3 is 0 Å². The van der Waals surface area contributed by atoms with Crippen LogP contribution in [0, 0.1) is 5.82 Å². The maximum atomic E-state index is 14.0. The van der Waals surface area contributed by atoms with Gasteiger partial charge in [0.15, 0.2) is 18.2 Å². The number of para-hydroxylation sites is 1. The predicted molar refractivity (Wildman–Crippen MR) is 123 cm³/mol. The molecule has 1 N–H and O–H groups in total. The summed E-state index contributed by atoms with van der Waals surface area (Å²) in [5, 5.41) is 2.65. The van der Waals surface area contributed by atoms with Crippen molar-refractivity contribution in [2.24, 2.45) is 0 Å². The Hall–Kier alpha value is -3.87. The molecule has 7 heteroatoms. The van der Waals surface area contributed by atoms with Gasteiger partial charge in [0, 0.05) is 20.0 Å². The largest absolute Gasteiger partial charge is 0.497 e. The van der Waals surface area contributed by atoms with Crippen LogP contribution in [0.2, 0.25) is 0 Å².